The molecular weight excluding hydrogens is 542 g/mol. The highest BCUT2D eigenvalue weighted by Crippen LogP contribution is 2.05. The van der Waals surface area contributed by atoms with E-state index in [0.29, 0.717) is 0 Å². The number of nitrogens with one attached hydrogen (secondary N) is 1. The molecule has 0 heterocycles. The van der Waals surface area contributed by atoms with Crippen molar-refractivity contribution in [1.82, 2.24) is 5.32 Å². The molecule has 0 radical (unpaired) electrons. The van der Waals surface area contributed by atoms with Crippen LogP contribution < -0.4 is 5.32 Å². The van der Waals surface area contributed by atoms with E-state index in [2.05, 4.69) is 5.32 Å². The Hall–Kier alpha value is -2.08. The predicted molar refractivity (Wildman–Crippen MR) is 123 cm³/mol. The molecule has 1 amide bonds. The zero-order chi connectivity index (χ0) is 31.5. The molecule has 232 valence electrons. The van der Waals surface area contributed by atoms with E-state index in [4.69, 9.17) is 61.3 Å². The van der Waals surface area contributed by atoms with Crippen molar-refractivity contribution >= 4 is 24.8 Å². The Labute approximate surface area is 221 Å². The first-order valence-electron chi connectivity index (χ1n) is 11.0. The number of carbonyl (C=O) groups excluding carboxylic acids is 4. The smallest absolute Gasteiger partial charge is 0.217 e. The summed E-state index contributed by atoms with van der Waals surface area (Å²) in [4.78, 5) is 40.9. The van der Waals surface area contributed by atoms with Gasteiger partial charge in [0, 0.05) is 6.92 Å². The first-order chi connectivity index (χ1) is 18.0. The second-order valence-corrected chi connectivity index (χ2v) is 7.81. The molecule has 0 aromatic heterocycles. The molecule has 0 spiro atoms. The molecule has 39 heavy (non-hydrogen) atoms. The molecule has 19 nitrogen and oxygen atoms in total. The third-order valence-electron chi connectivity index (χ3n) is 4.66. The van der Waals surface area contributed by atoms with Crippen LogP contribution in [0.5, 0.6) is 0 Å². The standard InChI is InChI=1S/C8H15NO6.2C6H12O6/c1-4(12)9-5(2-10)7(14)8(15)6(13)3-11;2*7-1-3(9)5(11)6(12)4(10)2-8/h2,5-8,11,13-15H,3H2,1H3,(H,9,12);2*1,3-6,8-12H,2H2/t5-,6+,7+,8+;3-,4+,5+,6-;3-,4-,5-,6-/m001/s1. The van der Waals surface area contributed by atoms with Crippen LogP contribution >= 0.6 is 0 Å². The average Bonchev–Trinajstić information content (AvgIpc) is 2.95. The monoisotopic (exact) mass is 581 g/mol. The highest BCUT2D eigenvalue weighted by molar-refractivity contribution is 5.77. The molecule has 0 saturated carbocycles. The maximum absolute atomic E-state index is 10.6. The van der Waals surface area contributed by atoms with Crippen LogP contribution in [0.25, 0.3) is 0 Å². The third kappa shape index (κ3) is 16.6. The molecule has 0 saturated heterocycles. The zero-order valence-electron chi connectivity index (χ0n) is 20.7. The Bertz CT molecular complexity index is 639. The first kappa shape index (κ1) is 41.4. The third-order valence-corrected chi connectivity index (χ3v) is 4.66. The van der Waals surface area contributed by atoms with Crippen LogP contribution in [0.4, 0.5) is 0 Å². The van der Waals surface area contributed by atoms with Crippen molar-refractivity contribution < 1.29 is 90.7 Å². The molecule has 0 aliphatic heterocycles. The Balaban J connectivity index is -0.000000503. The molecule has 0 aliphatic carbocycles. The molecule has 12 atom stereocenters. The highest BCUT2D eigenvalue weighted by Gasteiger charge is 2.32. The summed E-state index contributed by atoms with van der Waals surface area (Å²) < 4.78 is 0. The van der Waals surface area contributed by atoms with Gasteiger partial charge in [-0.2, -0.15) is 0 Å². The zero-order valence-corrected chi connectivity index (χ0v) is 20.7. The van der Waals surface area contributed by atoms with E-state index < -0.39 is 98.9 Å². The average molecular weight is 582 g/mol. The van der Waals surface area contributed by atoms with Gasteiger partial charge in [0.1, 0.15) is 79.5 Å². The quantitative estimate of drug-likeness (QED) is 0.0752. The molecule has 0 fully saturated rings. The largest absolute Gasteiger partial charge is 0.394 e. The van der Waals surface area contributed by atoms with Crippen LogP contribution in [0, 0.1) is 0 Å². The molecule has 0 unspecified atom stereocenters. The lowest BCUT2D eigenvalue weighted by molar-refractivity contribution is -0.136. The van der Waals surface area contributed by atoms with Gasteiger partial charge in [-0.1, -0.05) is 0 Å². The molecule has 0 aliphatic rings. The molecule has 0 aromatic carbocycles. The lowest BCUT2D eigenvalue weighted by Crippen LogP contribution is -2.53. The van der Waals surface area contributed by atoms with E-state index in [0.717, 1.165) is 6.92 Å². The van der Waals surface area contributed by atoms with Crippen molar-refractivity contribution in [2.45, 2.75) is 80.1 Å². The van der Waals surface area contributed by atoms with Crippen LogP contribution in [-0.2, 0) is 19.2 Å². The van der Waals surface area contributed by atoms with E-state index >= 15 is 0 Å². The minimum atomic E-state index is -1.79. The maximum Gasteiger partial charge on any atom is 0.217 e. The fourth-order valence-corrected chi connectivity index (χ4v) is 2.22. The summed E-state index contributed by atoms with van der Waals surface area (Å²) in [6.45, 7) is -1.14. The first-order valence-corrected chi connectivity index (χ1v) is 11.0. The minimum absolute atomic E-state index is 0.0258. The number of aliphatic hydroxyl groups excluding tert-OH is 14. The van der Waals surface area contributed by atoms with Gasteiger partial charge in [-0.05, 0) is 0 Å². The van der Waals surface area contributed by atoms with Crippen molar-refractivity contribution in [3.8, 4) is 0 Å². The molecule has 19 heteroatoms. The summed E-state index contributed by atoms with van der Waals surface area (Å²) in [6, 6.07) is -1.32. The van der Waals surface area contributed by atoms with Gasteiger partial charge in [-0.25, -0.2) is 0 Å². The molecule has 15 N–H and O–H groups in total. The molecular formula is C20H39NO18. The van der Waals surface area contributed by atoms with Gasteiger partial charge < -0.3 is 91.2 Å². The summed E-state index contributed by atoms with van der Waals surface area (Å²) in [7, 11) is 0. The van der Waals surface area contributed by atoms with Crippen LogP contribution in [0.1, 0.15) is 6.92 Å². The summed E-state index contributed by atoms with van der Waals surface area (Å²) in [6.07, 6.45) is -18.4. The summed E-state index contributed by atoms with van der Waals surface area (Å²) >= 11 is 0. The van der Waals surface area contributed by atoms with Crippen molar-refractivity contribution in [2.75, 3.05) is 19.8 Å². The molecule has 0 rings (SSSR count). The van der Waals surface area contributed by atoms with Crippen LogP contribution in [0.3, 0.4) is 0 Å². The lowest BCUT2D eigenvalue weighted by Gasteiger charge is -2.25. The van der Waals surface area contributed by atoms with Gasteiger partial charge in [0.05, 0.1) is 19.8 Å². The summed E-state index contributed by atoms with van der Waals surface area (Å²) in [5, 5.41) is 125. The Morgan fingerprint density at radius 2 is 0.821 bits per heavy atom. The summed E-state index contributed by atoms with van der Waals surface area (Å²) in [5.41, 5.74) is 0. The topological polar surface area (TPSA) is 364 Å². The van der Waals surface area contributed by atoms with Gasteiger partial charge >= 0.3 is 0 Å². The van der Waals surface area contributed by atoms with Crippen LogP contribution in [0.15, 0.2) is 0 Å². The van der Waals surface area contributed by atoms with Crippen molar-refractivity contribution in [2.24, 2.45) is 0 Å². The molecule has 0 bridgehead atoms. The van der Waals surface area contributed by atoms with Gasteiger partial charge in [-0.3, -0.25) is 4.79 Å². The number of aldehydes is 3. The lowest BCUT2D eigenvalue weighted by atomic mass is 10.0. The number of hydrogen-bond donors (Lipinski definition) is 15. The number of hydrogen-bond acceptors (Lipinski definition) is 18. The second-order valence-electron chi connectivity index (χ2n) is 7.81. The Morgan fingerprint density at radius 3 is 1.03 bits per heavy atom. The van der Waals surface area contributed by atoms with Crippen molar-refractivity contribution in [3.05, 3.63) is 0 Å². The van der Waals surface area contributed by atoms with E-state index in [1.165, 1.54) is 0 Å². The minimum Gasteiger partial charge on any atom is -0.394 e. The van der Waals surface area contributed by atoms with E-state index in [1.807, 2.05) is 0 Å². The summed E-state index contributed by atoms with van der Waals surface area (Å²) in [5.74, 6) is -0.558. The van der Waals surface area contributed by atoms with Gasteiger partial charge in [0.2, 0.25) is 5.91 Å². The van der Waals surface area contributed by atoms with Gasteiger partial charge in [0.15, 0.2) is 12.6 Å². The number of rotatable bonds is 16. The van der Waals surface area contributed by atoms with Gasteiger partial charge in [-0.15, -0.1) is 0 Å². The fourth-order valence-electron chi connectivity index (χ4n) is 2.22. The Morgan fingerprint density at radius 1 is 0.538 bits per heavy atom. The van der Waals surface area contributed by atoms with Crippen molar-refractivity contribution in [1.29, 1.82) is 0 Å². The van der Waals surface area contributed by atoms with Gasteiger partial charge in [0.25, 0.3) is 0 Å². The molecule has 0 aromatic rings. The number of aliphatic hydroxyl groups is 14. The van der Waals surface area contributed by atoms with E-state index in [9.17, 15) is 29.4 Å². The number of amides is 1. The van der Waals surface area contributed by atoms with Crippen LogP contribution in [0.2, 0.25) is 0 Å². The SMILES string of the molecule is CC(=O)N[C@@H](C=O)[C@@H](O)[C@H](O)[C@H](O)CO.O=C[C@@H](O)[C@@H](O)[C@H](O)[C@H](O)CO.O=C[C@H](O)[C@@H](O)[C@@H](O)[C@H](O)CO. The normalized spacial score (nSPS) is 20.2. The highest BCUT2D eigenvalue weighted by atomic mass is 16.4. The fraction of sp³-hybridized carbons (Fsp3) is 0.800. The van der Waals surface area contributed by atoms with E-state index in [1.54, 1.807) is 0 Å². The van der Waals surface area contributed by atoms with E-state index in [-0.39, 0.29) is 18.9 Å². The second kappa shape index (κ2) is 22.7. The number of carbonyl (C=O) groups is 4. The predicted octanol–water partition coefficient (Wildman–Crippen LogP) is -9.99. The van der Waals surface area contributed by atoms with Crippen LogP contribution in [-0.4, -0.2) is 189 Å². The maximum atomic E-state index is 10.6. The Kier molecular flexibility index (Phi) is 24.1. The van der Waals surface area contributed by atoms with Crippen molar-refractivity contribution in [3.63, 3.8) is 0 Å².